The van der Waals surface area contributed by atoms with Crippen molar-refractivity contribution in [2.24, 2.45) is 0 Å². The quantitative estimate of drug-likeness (QED) is 0.701. The van der Waals surface area contributed by atoms with Crippen molar-refractivity contribution in [2.75, 3.05) is 0 Å². The first-order chi connectivity index (χ1) is 6.24. The number of hydrogen-bond acceptors (Lipinski definition) is 1. The van der Waals surface area contributed by atoms with Gasteiger partial charge in [-0.1, -0.05) is 11.6 Å². The molecule has 0 amide bonds. The van der Waals surface area contributed by atoms with Crippen LogP contribution < -0.4 is 0 Å². The Labute approximate surface area is 78.3 Å². The lowest BCUT2D eigenvalue weighted by molar-refractivity contribution is 0.112. The average molecular weight is 198 g/mol. The molecule has 0 aliphatic carbocycles. The third kappa shape index (κ3) is 1.12. The Morgan fingerprint density at radius 2 is 2.23 bits per heavy atom. The van der Waals surface area contributed by atoms with Crippen molar-refractivity contribution in [3.63, 3.8) is 0 Å². The molecule has 0 saturated carbocycles. The van der Waals surface area contributed by atoms with Crippen LogP contribution in [0.5, 0.6) is 0 Å². The van der Waals surface area contributed by atoms with Gasteiger partial charge in [0.25, 0.3) is 0 Å². The van der Waals surface area contributed by atoms with Gasteiger partial charge in [0.15, 0.2) is 12.1 Å². The average Bonchev–Trinajstić information content (AvgIpc) is 2.55. The summed E-state index contributed by atoms with van der Waals surface area (Å²) in [5, 5.41) is 0.276. The number of carbonyl (C=O) groups is 1. The molecule has 4 heteroatoms. The van der Waals surface area contributed by atoms with Crippen LogP contribution in [0, 0.1) is 5.82 Å². The third-order valence-corrected chi connectivity index (χ3v) is 2.19. The molecule has 0 bridgehead atoms. The number of fused-ring (bicyclic) bond motifs is 1. The first kappa shape index (κ1) is 8.26. The Morgan fingerprint density at radius 1 is 1.46 bits per heavy atom. The summed E-state index contributed by atoms with van der Waals surface area (Å²) >= 11 is 5.57. The molecule has 0 unspecified atom stereocenters. The zero-order valence-corrected chi connectivity index (χ0v) is 7.23. The highest BCUT2D eigenvalue weighted by molar-refractivity contribution is 6.31. The number of rotatable bonds is 1. The van der Waals surface area contributed by atoms with Gasteiger partial charge in [0.1, 0.15) is 0 Å². The number of halogens is 2. The van der Waals surface area contributed by atoms with E-state index in [9.17, 15) is 9.18 Å². The van der Waals surface area contributed by atoms with Gasteiger partial charge >= 0.3 is 0 Å². The van der Waals surface area contributed by atoms with Crippen LogP contribution in [0.4, 0.5) is 4.39 Å². The highest BCUT2D eigenvalue weighted by Gasteiger charge is 2.10. The number of nitrogens with one attached hydrogen (secondary N) is 1. The van der Waals surface area contributed by atoms with E-state index in [0.717, 1.165) is 0 Å². The van der Waals surface area contributed by atoms with Gasteiger partial charge in [0, 0.05) is 22.7 Å². The van der Waals surface area contributed by atoms with Crippen LogP contribution in [0.2, 0.25) is 5.02 Å². The predicted octanol–water partition coefficient (Wildman–Crippen LogP) is 2.77. The number of hydrogen-bond donors (Lipinski definition) is 1. The summed E-state index contributed by atoms with van der Waals surface area (Å²) in [5.74, 6) is -0.553. The van der Waals surface area contributed by atoms with E-state index >= 15 is 0 Å². The van der Waals surface area contributed by atoms with E-state index in [1.165, 1.54) is 12.3 Å². The molecule has 0 spiro atoms. The summed E-state index contributed by atoms with van der Waals surface area (Å²) in [6.45, 7) is 0. The molecule has 2 aromatic rings. The van der Waals surface area contributed by atoms with Crippen molar-refractivity contribution in [3.8, 4) is 0 Å². The largest absolute Gasteiger partial charge is 0.360 e. The molecule has 13 heavy (non-hydrogen) atoms. The number of aromatic amines is 1. The summed E-state index contributed by atoms with van der Waals surface area (Å²) in [6, 6.07) is 3.08. The van der Waals surface area contributed by atoms with E-state index < -0.39 is 5.82 Å². The number of aldehydes is 1. The van der Waals surface area contributed by atoms with Crippen LogP contribution in [0.25, 0.3) is 10.9 Å². The van der Waals surface area contributed by atoms with Gasteiger partial charge in [0.2, 0.25) is 0 Å². The molecule has 1 aromatic carbocycles. The van der Waals surface area contributed by atoms with Crippen LogP contribution in [0.15, 0.2) is 18.3 Å². The second-order valence-electron chi connectivity index (χ2n) is 2.65. The summed E-state index contributed by atoms with van der Waals surface area (Å²) in [5.41, 5.74) is 0.860. The second-order valence-corrected chi connectivity index (χ2v) is 3.05. The standard InChI is InChI=1S/C9H5ClFNO/c10-6-1-2-7-8(9(6)11)5(4-13)3-12-7/h1-4,12H. The van der Waals surface area contributed by atoms with E-state index in [1.54, 1.807) is 6.07 Å². The number of H-pyrrole nitrogens is 1. The molecule has 1 aromatic heterocycles. The first-order valence-electron chi connectivity index (χ1n) is 3.64. The number of carbonyl (C=O) groups excluding carboxylic acids is 1. The molecule has 66 valence electrons. The Morgan fingerprint density at radius 3 is 2.92 bits per heavy atom. The molecule has 0 atom stereocenters. The maximum absolute atomic E-state index is 13.4. The van der Waals surface area contributed by atoms with Gasteiger partial charge in [-0.15, -0.1) is 0 Å². The van der Waals surface area contributed by atoms with Gasteiger partial charge in [-0.3, -0.25) is 4.79 Å². The van der Waals surface area contributed by atoms with Gasteiger partial charge in [-0.25, -0.2) is 4.39 Å². The lowest BCUT2D eigenvalue weighted by Crippen LogP contribution is -1.82. The first-order valence-corrected chi connectivity index (χ1v) is 4.02. The monoisotopic (exact) mass is 197 g/mol. The molecule has 0 aliphatic rings. The fraction of sp³-hybridized carbons (Fsp3) is 0. The third-order valence-electron chi connectivity index (χ3n) is 1.89. The van der Waals surface area contributed by atoms with E-state index in [2.05, 4.69) is 4.98 Å². The summed E-state index contributed by atoms with van der Waals surface area (Å²) in [4.78, 5) is 13.3. The number of benzene rings is 1. The van der Waals surface area contributed by atoms with Crippen molar-refractivity contribution in [2.45, 2.75) is 0 Å². The lowest BCUT2D eigenvalue weighted by Gasteiger charge is -1.95. The van der Waals surface area contributed by atoms with Gasteiger partial charge in [-0.05, 0) is 12.1 Å². The molecule has 1 N–H and O–H groups in total. The SMILES string of the molecule is O=Cc1c[nH]c2ccc(Cl)c(F)c12. The predicted molar refractivity (Wildman–Crippen MR) is 48.7 cm³/mol. The Balaban J connectivity index is 2.93. The molecule has 0 saturated heterocycles. The van der Waals surface area contributed by atoms with Crippen LogP contribution in [0.1, 0.15) is 10.4 Å². The fourth-order valence-corrected chi connectivity index (χ4v) is 1.43. The van der Waals surface area contributed by atoms with Gasteiger partial charge in [-0.2, -0.15) is 0 Å². The highest BCUT2D eigenvalue weighted by Crippen LogP contribution is 2.25. The van der Waals surface area contributed by atoms with Crippen LogP contribution in [0.3, 0.4) is 0 Å². The van der Waals surface area contributed by atoms with Crippen molar-refractivity contribution < 1.29 is 9.18 Å². The molecular weight excluding hydrogens is 193 g/mol. The van der Waals surface area contributed by atoms with E-state index in [-0.39, 0.29) is 16.0 Å². The summed E-state index contributed by atoms with van der Waals surface area (Å²) in [6.07, 6.45) is 2.05. The molecule has 1 heterocycles. The fourth-order valence-electron chi connectivity index (χ4n) is 1.27. The smallest absolute Gasteiger partial charge is 0.152 e. The Kier molecular flexibility index (Phi) is 1.81. The molecule has 0 radical (unpaired) electrons. The molecule has 2 rings (SSSR count). The van der Waals surface area contributed by atoms with Crippen molar-refractivity contribution in [3.05, 3.63) is 34.7 Å². The maximum Gasteiger partial charge on any atom is 0.152 e. The molecular formula is C9H5ClFNO. The zero-order chi connectivity index (χ0) is 9.42. The van der Waals surface area contributed by atoms with Gasteiger partial charge < -0.3 is 4.98 Å². The lowest BCUT2D eigenvalue weighted by atomic mass is 10.2. The highest BCUT2D eigenvalue weighted by atomic mass is 35.5. The van der Waals surface area contributed by atoms with E-state index in [0.29, 0.717) is 11.8 Å². The molecule has 0 aliphatic heterocycles. The summed E-state index contributed by atoms with van der Waals surface area (Å²) < 4.78 is 13.4. The van der Waals surface area contributed by atoms with Crippen LogP contribution in [-0.2, 0) is 0 Å². The number of aromatic nitrogens is 1. The van der Waals surface area contributed by atoms with E-state index in [1.807, 2.05) is 0 Å². The zero-order valence-electron chi connectivity index (χ0n) is 6.47. The molecule has 2 nitrogen and oxygen atoms in total. The van der Waals surface area contributed by atoms with Crippen LogP contribution in [-0.4, -0.2) is 11.3 Å². The van der Waals surface area contributed by atoms with Crippen molar-refractivity contribution in [1.29, 1.82) is 0 Å². The maximum atomic E-state index is 13.4. The molecule has 0 fully saturated rings. The van der Waals surface area contributed by atoms with E-state index in [4.69, 9.17) is 11.6 Å². The van der Waals surface area contributed by atoms with Gasteiger partial charge in [0.05, 0.1) is 5.02 Å². The minimum Gasteiger partial charge on any atom is -0.360 e. The summed E-state index contributed by atoms with van der Waals surface area (Å²) in [7, 11) is 0. The normalized spacial score (nSPS) is 10.6. The van der Waals surface area contributed by atoms with Crippen molar-refractivity contribution in [1.82, 2.24) is 4.98 Å². The Bertz CT molecular complexity index is 478. The topological polar surface area (TPSA) is 32.9 Å². The van der Waals surface area contributed by atoms with Crippen LogP contribution >= 0.6 is 11.6 Å². The minimum atomic E-state index is -0.553. The second kappa shape index (κ2) is 2.85. The minimum absolute atomic E-state index is 0.0233. The van der Waals surface area contributed by atoms with Crippen molar-refractivity contribution >= 4 is 28.8 Å². The Hall–Kier alpha value is -1.35.